The van der Waals surface area contributed by atoms with E-state index in [0.29, 0.717) is 6.42 Å². The third-order valence-corrected chi connectivity index (χ3v) is 2.17. The molecule has 1 N–H and O–H groups in total. The molecule has 0 radical (unpaired) electrons. The SMILES string of the molecule is Cc1ccc(C[C@@H](C)O)cc1Cl. The van der Waals surface area contributed by atoms with Crippen molar-refractivity contribution in [2.75, 3.05) is 0 Å². The van der Waals surface area contributed by atoms with E-state index in [2.05, 4.69) is 0 Å². The maximum absolute atomic E-state index is 9.12. The largest absolute Gasteiger partial charge is 0.393 e. The Balaban J connectivity index is 2.82. The Hall–Kier alpha value is -0.530. The van der Waals surface area contributed by atoms with E-state index in [1.54, 1.807) is 6.92 Å². The van der Waals surface area contributed by atoms with Gasteiger partial charge in [0.25, 0.3) is 0 Å². The van der Waals surface area contributed by atoms with E-state index >= 15 is 0 Å². The molecule has 0 amide bonds. The normalized spacial score (nSPS) is 13.0. The highest BCUT2D eigenvalue weighted by atomic mass is 35.5. The van der Waals surface area contributed by atoms with Crippen molar-refractivity contribution in [3.05, 3.63) is 34.3 Å². The lowest BCUT2D eigenvalue weighted by Gasteiger charge is -2.05. The van der Waals surface area contributed by atoms with Crippen LogP contribution in [-0.2, 0) is 6.42 Å². The molecule has 0 unspecified atom stereocenters. The molecule has 0 saturated carbocycles. The second-order valence-electron chi connectivity index (χ2n) is 3.14. The van der Waals surface area contributed by atoms with E-state index in [9.17, 15) is 0 Å². The Morgan fingerprint density at radius 2 is 2.17 bits per heavy atom. The number of benzene rings is 1. The third kappa shape index (κ3) is 2.50. The van der Waals surface area contributed by atoms with Crippen molar-refractivity contribution in [3.63, 3.8) is 0 Å². The van der Waals surface area contributed by atoms with Gasteiger partial charge in [-0.2, -0.15) is 0 Å². The Morgan fingerprint density at radius 1 is 1.50 bits per heavy atom. The number of aliphatic hydroxyl groups is 1. The van der Waals surface area contributed by atoms with Crippen molar-refractivity contribution < 1.29 is 5.11 Å². The Labute approximate surface area is 78.0 Å². The van der Waals surface area contributed by atoms with Crippen molar-refractivity contribution in [2.24, 2.45) is 0 Å². The molecule has 1 rings (SSSR count). The van der Waals surface area contributed by atoms with Crippen LogP contribution < -0.4 is 0 Å². The average Bonchev–Trinajstić information content (AvgIpc) is 1.96. The van der Waals surface area contributed by atoms with Gasteiger partial charge in [-0.05, 0) is 37.5 Å². The van der Waals surface area contributed by atoms with Gasteiger partial charge < -0.3 is 5.11 Å². The minimum atomic E-state index is -0.302. The van der Waals surface area contributed by atoms with Gasteiger partial charge in [-0.3, -0.25) is 0 Å². The summed E-state index contributed by atoms with van der Waals surface area (Å²) in [5, 5.41) is 9.89. The molecule has 0 aromatic heterocycles. The van der Waals surface area contributed by atoms with E-state index < -0.39 is 0 Å². The van der Waals surface area contributed by atoms with Crippen LogP contribution >= 0.6 is 11.6 Å². The molecule has 0 spiro atoms. The molecule has 0 aliphatic carbocycles. The Kier molecular flexibility index (Phi) is 3.12. The molecular weight excluding hydrogens is 172 g/mol. The monoisotopic (exact) mass is 184 g/mol. The van der Waals surface area contributed by atoms with Gasteiger partial charge in [-0.15, -0.1) is 0 Å². The van der Waals surface area contributed by atoms with Crippen LogP contribution in [0.2, 0.25) is 5.02 Å². The minimum Gasteiger partial charge on any atom is -0.393 e. The fourth-order valence-corrected chi connectivity index (χ4v) is 1.31. The van der Waals surface area contributed by atoms with Crippen LogP contribution in [0.25, 0.3) is 0 Å². The van der Waals surface area contributed by atoms with Crippen molar-refractivity contribution in [3.8, 4) is 0 Å². The lowest BCUT2D eigenvalue weighted by molar-refractivity contribution is 0.195. The zero-order chi connectivity index (χ0) is 9.14. The summed E-state index contributed by atoms with van der Waals surface area (Å²) in [4.78, 5) is 0. The average molecular weight is 185 g/mol. The van der Waals surface area contributed by atoms with Crippen LogP contribution in [0.4, 0.5) is 0 Å². The van der Waals surface area contributed by atoms with E-state index in [1.165, 1.54) is 0 Å². The van der Waals surface area contributed by atoms with Crippen LogP contribution in [-0.4, -0.2) is 11.2 Å². The lowest BCUT2D eigenvalue weighted by atomic mass is 10.1. The first kappa shape index (κ1) is 9.56. The minimum absolute atomic E-state index is 0.302. The van der Waals surface area contributed by atoms with Crippen LogP contribution in [0.15, 0.2) is 18.2 Å². The number of hydrogen-bond acceptors (Lipinski definition) is 1. The number of aliphatic hydroxyl groups excluding tert-OH is 1. The molecule has 0 heterocycles. The topological polar surface area (TPSA) is 20.2 Å². The molecule has 1 atom stereocenters. The second-order valence-corrected chi connectivity index (χ2v) is 3.54. The molecule has 0 fully saturated rings. The maximum Gasteiger partial charge on any atom is 0.0552 e. The summed E-state index contributed by atoms with van der Waals surface area (Å²) in [6.07, 6.45) is 0.365. The standard InChI is InChI=1S/C10H13ClO/c1-7-3-4-9(5-8(2)12)6-10(7)11/h3-4,6,8,12H,5H2,1-2H3/t8-/m1/s1. The molecule has 1 aromatic rings. The van der Waals surface area contributed by atoms with E-state index in [4.69, 9.17) is 16.7 Å². The second kappa shape index (κ2) is 3.92. The molecule has 0 bridgehead atoms. The quantitative estimate of drug-likeness (QED) is 0.749. The maximum atomic E-state index is 9.12. The van der Waals surface area contributed by atoms with Crippen LogP contribution in [0, 0.1) is 6.92 Å². The van der Waals surface area contributed by atoms with Crippen LogP contribution in [0.3, 0.4) is 0 Å². The predicted molar refractivity (Wildman–Crippen MR) is 51.6 cm³/mol. The van der Waals surface area contributed by atoms with Gasteiger partial charge in [0.05, 0.1) is 6.10 Å². The third-order valence-electron chi connectivity index (χ3n) is 1.77. The molecule has 2 heteroatoms. The Morgan fingerprint density at radius 3 is 2.67 bits per heavy atom. The first-order valence-electron chi connectivity index (χ1n) is 4.02. The van der Waals surface area contributed by atoms with Crippen LogP contribution in [0.1, 0.15) is 18.1 Å². The number of halogens is 1. The van der Waals surface area contributed by atoms with Crippen molar-refractivity contribution in [2.45, 2.75) is 26.4 Å². The van der Waals surface area contributed by atoms with Crippen LogP contribution in [0.5, 0.6) is 0 Å². The fraction of sp³-hybridized carbons (Fsp3) is 0.400. The van der Waals surface area contributed by atoms with Gasteiger partial charge in [-0.25, -0.2) is 0 Å². The summed E-state index contributed by atoms with van der Waals surface area (Å²) in [6.45, 7) is 3.74. The molecule has 12 heavy (non-hydrogen) atoms. The number of aryl methyl sites for hydroxylation is 1. The van der Waals surface area contributed by atoms with Gasteiger partial charge in [-0.1, -0.05) is 23.7 Å². The molecular formula is C10H13ClO. The highest BCUT2D eigenvalue weighted by Crippen LogP contribution is 2.17. The summed E-state index contributed by atoms with van der Waals surface area (Å²) in [6, 6.07) is 5.87. The lowest BCUT2D eigenvalue weighted by Crippen LogP contribution is -2.03. The highest BCUT2D eigenvalue weighted by Gasteiger charge is 2.00. The summed E-state index contributed by atoms with van der Waals surface area (Å²) in [7, 11) is 0. The summed E-state index contributed by atoms with van der Waals surface area (Å²) in [5.41, 5.74) is 2.16. The van der Waals surface area contributed by atoms with E-state index in [0.717, 1.165) is 16.1 Å². The van der Waals surface area contributed by atoms with Crippen molar-refractivity contribution in [1.29, 1.82) is 0 Å². The fourth-order valence-electron chi connectivity index (χ4n) is 1.10. The van der Waals surface area contributed by atoms with Gasteiger partial charge >= 0.3 is 0 Å². The number of hydrogen-bond donors (Lipinski definition) is 1. The molecule has 0 aliphatic heterocycles. The zero-order valence-corrected chi connectivity index (χ0v) is 8.10. The molecule has 66 valence electrons. The highest BCUT2D eigenvalue weighted by molar-refractivity contribution is 6.31. The van der Waals surface area contributed by atoms with Crippen molar-refractivity contribution >= 4 is 11.6 Å². The Bertz CT molecular complexity index is 269. The van der Waals surface area contributed by atoms with Crippen molar-refractivity contribution in [1.82, 2.24) is 0 Å². The first-order valence-corrected chi connectivity index (χ1v) is 4.40. The van der Waals surface area contributed by atoms with E-state index in [1.807, 2.05) is 25.1 Å². The zero-order valence-electron chi connectivity index (χ0n) is 7.34. The van der Waals surface area contributed by atoms with Gasteiger partial charge in [0.15, 0.2) is 0 Å². The summed E-state index contributed by atoms with van der Waals surface area (Å²) < 4.78 is 0. The number of rotatable bonds is 2. The molecule has 0 saturated heterocycles. The van der Waals surface area contributed by atoms with Gasteiger partial charge in [0, 0.05) is 5.02 Å². The van der Waals surface area contributed by atoms with Gasteiger partial charge in [0.1, 0.15) is 0 Å². The smallest absolute Gasteiger partial charge is 0.0552 e. The molecule has 0 aliphatic rings. The summed E-state index contributed by atoms with van der Waals surface area (Å²) >= 11 is 5.92. The van der Waals surface area contributed by atoms with Gasteiger partial charge in [0.2, 0.25) is 0 Å². The predicted octanol–water partition coefficient (Wildman–Crippen LogP) is 2.57. The molecule has 1 aromatic carbocycles. The van der Waals surface area contributed by atoms with E-state index in [-0.39, 0.29) is 6.10 Å². The first-order chi connectivity index (χ1) is 5.59. The summed E-state index contributed by atoms with van der Waals surface area (Å²) in [5.74, 6) is 0. The molecule has 1 nitrogen and oxygen atoms in total.